The van der Waals surface area contributed by atoms with E-state index in [0.29, 0.717) is 29.6 Å². The Balaban J connectivity index is 1.51. The monoisotopic (exact) mass is 347 g/mol. The van der Waals surface area contributed by atoms with E-state index >= 15 is 0 Å². The van der Waals surface area contributed by atoms with Crippen LogP contribution in [0.5, 0.6) is 0 Å². The lowest BCUT2D eigenvalue weighted by molar-refractivity contribution is 0.328. The van der Waals surface area contributed by atoms with Crippen molar-refractivity contribution in [3.63, 3.8) is 0 Å². The van der Waals surface area contributed by atoms with Crippen molar-refractivity contribution >= 4 is 0 Å². The quantitative estimate of drug-likeness (QED) is 0.570. The maximum atomic E-state index is 14.5. The van der Waals surface area contributed by atoms with Crippen molar-refractivity contribution in [1.82, 2.24) is 34.5 Å². The standard InChI is InChI=1S/C18H14FN7/c19-13-10-16(12-4-2-1-3-5-12)26-17(13)22-18(24-26)25-9-7-15(23-25)14-6-8-20-11-21-14/h1-9,11,13,16H,10H2/t13-,16-/m0/s1. The van der Waals surface area contributed by atoms with Crippen molar-refractivity contribution in [2.24, 2.45) is 0 Å². The van der Waals surface area contributed by atoms with Crippen LogP contribution in [-0.2, 0) is 0 Å². The SMILES string of the molecule is F[C@H]1C[C@@H](c2ccccc2)n2nc(-n3ccc(-c4ccncn4)n3)nc21. The van der Waals surface area contributed by atoms with Crippen molar-refractivity contribution in [1.29, 1.82) is 0 Å². The Bertz CT molecular complexity index is 1040. The van der Waals surface area contributed by atoms with Crippen LogP contribution < -0.4 is 0 Å². The summed E-state index contributed by atoms with van der Waals surface area (Å²) in [6.07, 6.45) is 4.08. The van der Waals surface area contributed by atoms with Gasteiger partial charge in [0.05, 0.1) is 11.7 Å². The molecule has 0 spiro atoms. The van der Waals surface area contributed by atoms with E-state index in [2.05, 4.69) is 25.1 Å². The van der Waals surface area contributed by atoms with Gasteiger partial charge in [0.15, 0.2) is 12.0 Å². The Hall–Kier alpha value is -3.42. The minimum absolute atomic E-state index is 0.153. The lowest BCUT2D eigenvalue weighted by Gasteiger charge is -2.11. The number of nitrogens with zero attached hydrogens (tertiary/aromatic N) is 7. The summed E-state index contributed by atoms with van der Waals surface area (Å²) in [5, 5.41) is 8.96. The van der Waals surface area contributed by atoms with Gasteiger partial charge >= 0.3 is 0 Å². The molecule has 0 fully saturated rings. The Morgan fingerprint density at radius 2 is 1.88 bits per heavy atom. The molecule has 0 saturated heterocycles. The van der Waals surface area contributed by atoms with Crippen LogP contribution in [-0.4, -0.2) is 34.5 Å². The van der Waals surface area contributed by atoms with Crippen molar-refractivity contribution in [3.05, 3.63) is 72.6 Å². The van der Waals surface area contributed by atoms with Crippen molar-refractivity contribution < 1.29 is 4.39 Å². The lowest BCUT2D eigenvalue weighted by atomic mass is 10.0. The first-order chi connectivity index (χ1) is 12.8. The smallest absolute Gasteiger partial charge is 0.245 e. The predicted molar refractivity (Wildman–Crippen MR) is 91.2 cm³/mol. The average Bonchev–Trinajstić information content (AvgIpc) is 3.39. The molecule has 1 aliphatic heterocycles. The van der Waals surface area contributed by atoms with Gasteiger partial charge in [0.25, 0.3) is 5.95 Å². The van der Waals surface area contributed by atoms with Crippen LogP contribution in [0.1, 0.15) is 30.0 Å². The molecule has 0 saturated carbocycles. The zero-order chi connectivity index (χ0) is 17.5. The van der Waals surface area contributed by atoms with E-state index in [1.54, 1.807) is 23.1 Å². The predicted octanol–water partition coefficient (Wildman–Crippen LogP) is 2.92. The van der Waals surface area contributed by atoms with Crippen molar-refractivity contribution in [2.75, 3.05) is 0 Å². The van der Waals surface area contributed by atoms with Crippen LogP contribution in [0.15, 0.2) is 61.2 Å². The van der Waals surface area contributed by atoms with Crippen LogP contribution in [0.3, 0.4) is 0 Å². The maximum Gasteiger partial charge on any atom is 0.269 e. The number of alkyl halides is 1. The van der Waals surface area contributed by atoms with E-state index in [4.69, 9.17) is 0 Å². The largest absolute Gasteiger partial charge is 0.269 e. The van der Waals surface area contributed by atoms with Crippen molar-refractivity contribution in [2.45, 2.75) is 18.6 Å². The molecule has 0 unspecified atom stereocenters. The van der Waals surface area contributed by atoms with Gasteiger partial charge in [-0.3, -0.25) is 0 Å². The fourth-order valence-corrected chi connectivity index (χ4v) is 3.23. The molecular formula is C18H14FN7. The molecule has 1 aliphatic rings. The van der Waals surface area contributed by atoms with Crippen LogP contribution in [0.25, 0.3) is 17.3 Å². The highest BCUT2D eigenvalue weighted by molar-refractivity contribution is 5.52. The number of halogens is 1. The summed E-state index contributed by atoms with van der Waals surface area (Å²) in [5.41, 5.74) is 2.40. The van der Waals surface area contributed by atoms with Gasteiger partial charge in [0, 0.05) is 18.8 Å². The maximum absolute atomic E-state index is 14.5. The topological polar surface area (TPSA) is 74.3 Å². The molecule has 4 heterocycles. The first kappa shape index (κ1) is 14.9. The summed E-state index contributed by atoms with van der Waals surface area (Å²) in [6.45, 7) is 0. The Morgan fingerprint density at radius 1 is 1.00 bits per heavy atom. The number of hydrogen-bond acceptors (Lipinski definition) is 5. The number of hydrogen-bond donors (Lipinski definition) is 0. The molecule has 0 bridgehead atoms. The van der Waals surface area contributed by atoms with E-state index in [-0.39, 0.29) is 6.04 Å². The minimum Gasteiger partial charge on any atom is -0.245 e. The second-order valence-electron chi connectivity index (χ2n) is 6.08. The summed E-state index contributed by atoms with van der Waals surface area (Å²) >= 11 is 0. The fraction of sp³-hybridized carbons (Fsp3) is 0.167. The summed E-state index contributed by atoms with van der Waals surface area (Å²) in [6, 6.07) is 13.2. The van der Waals surface area contributed by atoms with E-state index in [0.717, 1.165) is 5.56 Å². The van der Waals surface area contributed by atoms with Crippen LogP contribution in [0.4, 0.5) is 4.39 Å². The highest BCUT2D eigenvalue weighted by Gasteiger charge is 2.35. The van der Waals surface area contributed by atoms with Gasteiger partial charge < -0.3 is 0 Å². The summed E-state index contributed by atoms with van der Waals surface area (Å²) < 4.78 is 17.7. The van der Waals surface area contributed by atoms with Crippen molar-refractivity contribution in [3.8, 4) is 17.3 Å². The van der Waals surface area contributed by atoms with E-state index < -0.39 is 6.17 Å². The molecular weight excluding hydrogens is 333 g/mol. The molecule has 4 aromatic rings. The molecule has 26 heavy (non-hydrogen) atoms. The Kier molecular flexibility index (Phi) is 3.34. The summed E-state index contributed by atoms with van der Waals surface area (Å²) in [5.74, 6) is 0.691. The van der Waals surface area contributed by atoms with E-state index in [1.807, 2.05) is 36.4 Å². The van der Waals surface area contributed by atoms with Gasteiger partial charge in [0.2, 0.25) is 0 Å². The molecule has 0 radical (unpaired) electrons. The Morgan fingerprint density at radius 3 is 2.69 bits per heavy atom. The summed E-state index contributed by atoms with van der Waals surface area (Å²) in [7, 11) is 0. The molecule has 0 amide bonds. The highest BCUT2D eigenvalue weighted by Crippen LogP contribution is 2.39. The van der Waals surface area contributed by atoms with Gasteiger partial charge in [-0.2, -0.15) is 10.1 Å². The summed E-state index contributed by atoms with van der Waals surface area (Å²) in [4.78, 5) is 12.4. The normalized spacial score (nSPS) is 18.8. The third kappa shape index (κ3) is 2.38. The zero-order valence-corrected chi connectivity index (χ0v) is 13.6. The average molecular weight is 347 g/mol. The Labute approximate surface area is 148 Å². The highest BCUT2D eigenvalue weighted by atomic mass is 19.1. The molecule has 0 aliphatic carbocycles. The van der Waals surface area contributed by atoms with E-state index in [9.17, 15) is 4.39 Å². The molecule has 8 heteroatoms. The number of rotatable bonds is 3. The molecule has 5 rings (SSSR count). The molecule has 0 N–H and O–H groups in total. The van der Waals surface area contributed by atoms with Gasteiger partial charge in [-0.1, -0.05) is 30.3 Å². The van der Waals surface area contributed by atoms with E-state index in [1.165, 1.54) is 11.0 Å². The number of aromatic nitrogens is 7. The first-order valence-corrected chi connectivity index (χ1v) is 8.27. The van der Waals surface area contributed by atoms with Crippen LogP contribution in [0, 0.1) is 0 Å². The van der Waals surface area contributed by atoms with Gasteiger partial charge in [-0.25, -0.2) is 23.7 Å². The minimum atomic E-state index is -1.14. The third-order valence-corrected chi connectivity index (χ3v) is 4.47. The second-order valence-corrected chi connectivity index (χ2v) is 6.08. The molecule has 2 atom stereocenters. The zero-order valence-electron chi connectivity index (χ0n) is 13.6. The number of fused-ring (bicyclic) bond motifs is 1. The van der Waals surface area contributed by atoms with Crippen LogP contribution in [0.2, 0.25) is 0 Å². The first-order valence-electron chi connectivity index (χ1n) is 8.27. The molecule has 128 valence electrons. The second kappa shape index (κ2) is 5.83. The number of benzene rings is 1. The van der Waals surface area contributed by atoms with Gasteiger partial charge in [-0.05, 0) is 17.7 Å². The molecule has 3 aromatic heterocycles. The molecule has 1 aromatic carbocycles. The van der Waals surface area contributed by atoms with Gasteiger partial charge in [-0.15, -0.1) is 5.10 Å². The van der Waals surface area contributed by atoms with Gasteiger partial charge in [0.1, 0.15) is 12.0 Å². The fourth-order valence-electron chi connectivity index (χ4n) is 3.23. The lowest BCUT2D eigenvalue weighted by Crippen LogP contribution is -2.08. The molecule has 7 nitrogen and oxygen atoms in total. The third-order valence-electron chi connectivity index (χ3n) is 4.47. The van der Waals surface area contributed by atoms with Crippen LogP contribution >= 0.6 is 0 Å².